The molecular weight excluding hydrogens is 226 g/mol. The maximum absolute atomic E-state index is 5.92. The van der Waals surface area contributed by atoms with Crippen LogP contribution in [0.4, 0.5) is 0 Å². The van der Waals surface area contributed by atoms with Gasteiger partial charge in [0.05, 0.1) is 18.6 Å². The molecule has 104 valence electrons. The summed E-state index contributed by atoms with van der Waals surface area (Å²) in [5.74, 6) is 0.506. The quantitative estimate of drug-likeness (QED) is 0.733. The summed E-state index contributed by atoms with van der Waals surface area (Å²) in [6.45, 7) is 10.5. The van der Waals surface area contributed by atoms with E-state index in [9.17, 15) is 0 Å². The van der Waals surface area contributed by atoms with Crippen molar-refractivity contribution in [3.05, 3.63) is 24.2 Å². The van der Waals surface area contributed by atoms with Gasteiger partial charge in [-0.3, -0.25) is 0 Å². The van der Waals surface area contributed by atoms with Gasteiger partial charge in [0.1, 0.15) is 0 Å². The summed E-state index contributed by atoms with van der Waals surface area (Å²) in [5.41, 5.74) is 1.23. The van der Waals surface area contributed by atoms with Crippen molar-refractivity contribution in [1.29, 1.82) is 0 Å². The highest BCUT2D eigenvalue weighted by Crippen LogP contribution is 2.16. The fourth-order valence-electron chi connectivity index (χ4n) is 2.26. The highest BCUT2D eigenvalue weighted by atomic mass is 16.5. The molecule has 0 radical (unpaired) electrons. The highest BCUT2D eigenvalue weighted by molar-refractivity contribution is 5.08. The van der Waals surface area contributed by atoms with Crippen LogP contribution in [0.15, 0.2) is 23.0 Å². The largest absolute Gasteiger partial charge is 0.472 e. The SMILES string of the molecule is CCCNC(Cc1ccoc1)C(OCC)C(C)C. The first-order chi connectivity index (χ1) is 8.69. The third-order valence-electron chi connectivity index (χ3n) is 3.10. The van der Waals surface area contributed by atoms with Crippen LogP contribution in [0.3, 0.4) is 0 Å². The van der Waals surface area contributed by atoms with Gasteiger partial charge in [-0.25, -0.2) is 0 Å². The molecular formula is C15H27NO2. The zero-order valence-corrected chi connectivity index (χ0v) is 12.1. The van der Waals surface area contributed by atoms with E-state index < -0.39 is 0 Å². The Morgan fingerprint density at radius 1 is 1.33 bits per heavy atom. The van der Waals surface area contributed by atoms with Gasteiger partial charge in [0.15, 0.2) is 0 Å². The molecule has 0 aliphatic carbocycles. The van der Waals surface area contributed by atoms with Gasteiger partial charge in [-0.1, -0.05) is 20.8 Å². The first-order valence-electron chi connectivity index (χ1n) is 7.05. The van der Waals surface area contributed by atoms with Crippen LogP contribution >= 0.6 is 0 Å². The number of nitrogens with one attached hydrogen (secondary N) is 1. The second-order valence-corrected chi connectivity index (χ2v) is 5.06. The van der Waals surface area contributed by atoms with Crippen LogP contribution in [0.5, 0.6) is 0 Å². The first kappa shape index (κ1) is 15.3. The fraction of sp³-hybridized carbons (Fsp3) is 0.733. The Labute approximate surface area is 111 Å². The van der Waals surface area contributed by atoms with E-state index in [0.717, 1.165) is 26.0 Å². The van der Waals surface area contributed by atoms with Gasteiger partial charge < -0.3 is 14.5 Å². The maximum atomic E-state index is 5.92. The second kappa shape index (κ2) is 8.33. The Morgan fingerprint density at radius 2 is 2.11 bits per heavy atom. The summed E-state index contributed by atoms with van der Waals surface area (Å²) in [4.78, 5) is 0. The van der Waals surface area contributed by atoms with Crippen molar-refractivity contribution in [3.8, 4) is 0 Å². The predicted octanol–water partition coefficient (Wildman–Crippen LogP) is 3.25. The zero-order chi connectivity index (χ0) is 13.4. The van der Waals surface area contributed by atoms with Crippen LogP contribution in [0, 0.1) is 5.92 Å². The lowest BCUT2D eigenvalue weighted by molar-refractivity contribution is 0.00359. The zero-order valence-electron chi connectivity index (χ0n) is 12.1. The lowest BCUT2D eigenvalue weighted by Gasteiger charge is -2.30. The number of hydrogen-bond acceptors (Lipinski definition) is 3. The number of hydrogen-bond donors (Lipinski definition) is 1. The van der Waals surface area contributed by atoms with Crippen molar-refractivity contribution in [2.75, 3.05) is 13.2 Å². The summed E-state index contributed by atoms with van der Waals surface area (Å²) in [7, 11) is 0. The van der Waals surface area contributed by atoms with E-state index in [2.05, 4.69) is 33.0 Å². The Balaban J connectivity index is 2.67. The molecule has 0 bridgehead atoms. The van der Waals surface area contributed by atoms with Gasteiger partial charge in [-0.2, -0.15) is 0 Å². The Kier molecular flexibility index (Phi) is 7.06. The monoisotopic (exact) mass is 253 g/mol. The lowest BCUT2D eigenvalue weighted by atomic mass is 9.94. The van der Waals surface area contributed by atoms with Crippen molar-refractivity contribution < 1.29 is 9.15 Å². The Hall–Kier alpha value is -0.800. The number of rotatable bonds is 9. The summed E-state index contributed by atoms with van der Waals surface area (Å²) >= 11 is 0. The van der Waals surface area contributed by atoms with E-state index in [1.54, 1.807) is 6.26 Å². The molecule has 18 heavy (non-hydrogen) atoms. The third-order valence-corrected chi connectivity index (χ3v) is 3.10. The molecule has 1 rings (SSSR count). The molecule has 2 atom stereocenters. The summed E-state index contributed by atoms with van der Waals surface area (Å²) in [6, 6.07) is 2.38. The van der Waals surface area contributed by atoms with E-state index in [-0.39, 0.29) is 6.10 Å². The van der Waals surface area contributed by atoms with Crippen molar-refractivity contribution in [2.45, 2.75) is 52.7 Å². The van der Waals surface area contributed by atoms with Crippen molar-refractivity contribution in [3.63, 3.8) is 0 Å². The first-order valence-corrected chi connectivity index (χ1v) is 7.05. The van der Waals surface area contributed by atoms with Crippen LogP contribution in [0.25, 0.3) is 0 Å². The van der Waals surface area contributed by atoms with Gasteiger partial charge in [-0.05, 0) is 43.9 Å². The molecule has 0 aromatic carbocycles. The van der Waals surface area contributed by atoms with Crippen LogP contribution in [-0.2, 0) is 11.2 Å². The molecule has 1 heterocycles. The normalized spacial score (nSPS) is 14.9. The Morgan fingerprint density at radius 3 is 2.61 bits per heavy atom. The van der Waals surface area contributed by atoms with Gasteiger partial charge in [0.25, 0.3) is 0 Å². The Bertz CT molecular complexity index is 295. The molecule has 0 spiro atoms. The van der Waals surface area contributed by atoms with E-state index in [1.165, 1.54) is 5.56 Å². The van der Waals surface area contributed by atoms with Crippen molar-refractivity contribution in [2.24, 2.45) is 5.92 Å². The minimum absolute atomic E-state index is 0.247. The predicted molar refractivity (Wildman–Crippen MR) is 74.7 cm³/mol. The maximum Gasteiger partial charge on any atom is 0.0935 e. The average molecular weight is 253 g/mol. The van der Waals surface area contributed by atoms with E-state index in [4.69, 9.17) is 9.15 Å². The fourth-order valence-corrected chi connectivity index (χ4v) is 2.26. The van der Waals surface area contributed by atoms with Crippen LogP contribution in [-0.4, -0.2) is 25.3 Å². The van der Waals surface area contributed by atoms with Crippen LogP contribution in [0.1, 0.15) is 39.7 Å². The average Bonchev–Trinajstić information content (AvgIpc) is 2.84. The molecule has 0 saturated carbocycles. The molecule has 3 heteroatoms. The highest BCUT2D eigenvalue weighted by Gasteiger charge is 2.24. The van der Waals surface area contributed by atoms with Gasteiger partial charge >= 0.3 is 0 Å². The molecule has 0 saturated heterocycles. The molecule has 1 aromatic rings. The molecule has 0 aliphatic heterocycles. The molecule has 0 amide bonds. The molecule has 0 fully saturated rings. The molecule has 3 nitrogen and oxygen atoms in total. The summed E-state index contributed by atoms with van der Waals surface area (Å²) < 4.78 is 11.1. The van der Waals surface area contributed by atoms with Crippen LogP contribution < -0.4 is 5.32 Å². The van der Waals surface area contributed by atoms with Gasteiger partial charge in [-0.15, -0.1) is 0 Å². The minimum Gasteiger partial charge on any atom is -0.472 e. The third kappa shape index (κ3) is 4.83. The standard InChI is InChI=1S/C15H27NO2/c1-5-8-16-14(10-13-7-9-17-11-13)15(12(3)4)18-6-2/h7,9,11-12,14-16H,5-6,8,10H2,1-4H3. The van der Waals surface area contributed by atoms with E-state index in [0.29, 0.717) is 12.0 Å². The molecule has 1 aromatic heterocycles. The van der Waals surface area contributed by atoms with Gasteiger partial charge in [0.2, 0.25) is 0 Å². The van der Waals surface area contributed by atoms with Gasteiger partial charge in [0, 0.05) is 12.6 Å². The minimum atomic E-state index is 0.247. The molecule has 2 unspecified atom stereocenters. The van der Waals surface area contributed by atoms with Crippen LogP contribution in [0.2, 0.25) is 0 Å². The number of ether oxygens (including phenoxy) is 1. The lowest BCUT2D eigenvalue weighted by Crippen LogP contribution is -2.46. The molecule has 1 N–H and O–H groups in total. The smallest absolute Gasteiger partial charge is 0.0935 e. The second-order valence-electron chi connectivity index (χ2n) is 5.06. The topological polar surface area (TPSA) is 34.4 Å². The number of furan rings is 1. The van der Waals surface area contributed by atoms with Crippen molar-refractivity contribution in [1.82, 2.24) is 5.32 Å². The van der Waals surface area contributed by atoms with Crippen molar-refractivity contribution >= 4 is 0 Å². The molecule has 0 aliphatic rings. The van der Waals surface area contributed by atoms with E-state index in [1.807, 2.05) is 12.3 Å². The summed E-state index contributed by atoms with van der Waals surface area (Å²) in [5, 5.41) is 3.61. The summed E-state index contributed by atoms with van der Waals surface area (Å²) in [6.07, 6.45) is 5.90. The van der Waals surface area contributed by atoms with E-state index >= 15 is 0 Å².